The molecule has 1 aromatic heterocycles. The highest BCUT2D eigenvalue weighted by Gasteiger charge is 2.40. The predicted molar refractivity (Wildman–Crippen MR) is 65.1 cm³/mol. The van der Waals surface area contributed by atoms with Crippen molar-refractivity contribution >= 4 is 32.9 Å². The van der Waals surface area contributed by atoms with Crippen LogP contribution in [0.3, 0.4) is 0 Å². The summed E-state index contributed by atoms with van der Waals surface area (Å²) in [4.78, 5) is 32.8. The normalized spacial score (nSPS) is 11.6. The summed E-state index contributed by atoms with van der Waals surface area (Å²) in [5, 5.41) is 11.1. The van der Waals surface area contributed by atoms with Crippen LogP contribution in [0, 0.1) is 10.1 Å². The van der Waals surface area contributed by atoms with Gasteiger partial charge in [-0.05, 0) is 6.07 Å². The Morgan fingerprint density at radius 2 is 1.95 bits per heavy atom. The van der Waals surface area contributed by atoms with Gasteiger partial charge in [0.05, 0.1) is 10.5 Å². The number of Topliss-reactive ketones (excluding diaryl/α,β-unsaturated/α-hetero) is 1. The number of halogens is 3. The van der Waals surface area contributed by atoms with Gasteiger partial charge in [-0.15, -0.1) is 11.3 Å². The van der Waals surface area contributed by atoms with E-state index >= 15 is 0 Å². The Morgan fingerprint density at radius 1 is 1.30 bits per heavy atom. The molecule has 1 aromatic carbocycles. The van der Waals surface area contributed by atoms with Crippen molar-refractivity contribution in [3.05, 3.63) is 49.5 Å². The van der Waals surface area contributed by atoms with Crippen molar-refractivity contribution in [2.75, 3.05) is 0 Å². The highest BCUT2D eigenvalue weighted by Crippen LogP contribution is 2.25. The fourth-order valence-electron chi connectivity index (χ4n) is 1.54. The first kappa shape index (κ1) is 14.1. The molecule has 104 valence electrons. The Morgan fingerprint density at radius 3 is 2.50 bits per heavy atom. The third kappa shape index (κ3) is 2.39. The zero-order chi connectivity index (χ0) is 15.1. The van der Waals surface area contributed by atoms with E-state index in [4.69, 9.17) is 0 Å². The average molecular weight is 303 g/mol. The van der Waals surface area contributed by atoms with Crippen LogP contribution in [0.2, 0.25) is 0 Å². The molecule has 0 N–H and O–H groups in total. The second kappa shape index (κ2) is 4.67. The number of hydrogen-bond donors (Lipinski definition) is 0. The number of nitro benzene ring substituents is 1. The van der Waals surface area contributed by atoms with Gasteiger partial charge in [-0.25, -0.2) is 0 Å². The summed E-state index contributed by atoms with van der Waals surface area (Å²) >= 11 is 0.739. The molecule has 0 saturated heterocycles. The SMILES string of the molecule is O=C(c1csc2ccc([N+](=O)[O-])cc2c1=O)C(F)(F)F. The van der Waals surface area contributed by atoms with Crippen LogP contribution in [0.1, 0.15) is 10.4 Å². The molecule has 1 heterocycles. The number of nitro groups is 1. The van der Waals surface area contributed by atoms with Crippen LogP contribution < -0.4 is 5.43 Å². The minimum atomic E-state index is -5.17. The highest BCUT2D eigenvalue weighted by molar-refractivity contribution is 7.16. The highest BCUT2D eigenvalue weighted by atomic mass is 32.1. The van der Waals surface area contributed by atoms with E-state index in [1.165, 1.54) is 6.07 Å². The van der Waals surface area contributed by atoms with Crippen LogP contribution in [0.4, 0.5) is 18.9 Å². The smallest absolute Gasteiger partial charge is 0.288 e. The number of non-ortho nitro benzene ring substituents is 1. The molecule has 0 radical (unpaired) electrons. The van der Waals surface area contributed by atoms with Gasteiger partial charge in [0.2, 0.25) is 0 Å². The van der Waals surface area contributed by atoms with Crippen molar-refractivity contribution in [3.63, 3.8) is 0 Å². The zero-order valence-electron chi connectivity index (χ0n) is 9.43. The third-order valence-corrected chi connectivity index (χ3v) is 3.43. The number of rotatable bonds is 2. The molecule has 0 aliphatic rings. The van der Waals surface area contributed by atoms with Crippen molar-refractivity contribution in [1.29, 1.82) is 0 Å². The molecule has 0 aliphatic heterocycles. The summed E-state index contributed by atoms with van der Waals surface area (Å²) in [5.41, 5.74) is -2.63. The van der Waals surface area contributed by atoms with Gasteiger partial charge in [0.1, 0.15) is 0 Å². The molecule has 2 aromatic rings. The number of hydrogen-bond acceptors (Lipinski definition) is 5. The fraction of sp³-hybridized carbons (Fsp3) is 0.0909. The Labute approximate surface area is 112 Å². The largest absolute Gasteiger partial charge is 0.455 e. The molecular formula is C11H4F3NO4S. The molecule has 2 rings (SSSR count). The topological polar surface area (TPSA) is 77.3 Å². The van der Waals surface area contributed by atoms with E-state index < -0.39 is 33.6 Å². The lowest BCUT2D eigenvalue weighted by atomic mass is 10.1. The molecule has 0 saturated carbocycles. The van der Waals surface area contributed by atoms with Gasteiger partial charge in [-0.1, -0.05) is 0 Å². The monoisotopic (exact) mass is 303 g/mol. The summed E-state index contributed by atoms with van der Waals surface area (Å²) in [5.74, 6) is -2.26. The van der Waals surface area contributed by atoms with Crippen molar-refractivity contribution in [2.24, 2.45) is 0 Å². The van der Waals surface area contributed by atoms with Gasteiger partial charge < -0.3 is 0 Å². The van der Waals surface area contributed by atoms with Crippen molar-refractivity contribution in [3.8, 4) is 0 Å². The number of nitrogens with zero attached hydrogens (tertiary/aromatic N) is 1. The maximum absolute atomic E-state index is 12.3. The molecule has 20 heavy (non-hydrogen) atoms. The molecule has 0 amide bonds. The Balaban J connectivity index is 2.72. The van der Waals surface area contributed by atoms with E-state index in [1.807, 2.05) is 0 Å². The Hall–Kier alpha value is -2.29. The lowest BCUT2D eigenvalue weighted by Crippen LogP contribution is -2.28. The minimum absolute atomic E-state index is 0.263. The first-order chi connectivity index (χ1) is 9.21. The van der Waals surface area contributed by atoms with E-state index in [-0.39, 0.29) is 10.1 Å². The van der Waals surface area contributed by atoms with Gasteiger partial charge in [-0.2, -0.15) is 13.2 Å². The van der Waals surface area contributed by atoms with Gasteiger partial charge >= 0.3 is 6.18 Å². The predicted octanol–water partition coefficient (Wildman–Crippen LogP) is 2.91. The van der Waals surface area contributed by atoms with Gasteiger partial charge in [0.15, 0.2) is 5.43 Å². The summed E-state index contributed by atoms with van der Waals surface area (Å²) < 4.78 is 37.3. The average Bonchev–Trinajstić information content (AvgIpc) is 2.37. The van der Waals surface area contributed by atoms with Crippen LogP contribution in [-0.2, 0) is 0 Å². The second-order valence-electron chi connectivity index (χ2n) is 3.74. The molecule has 0 atom stereocenters. The summed E-state index contributed by atoms with van der Waals surface area (Å²) in [6, 6.07) is 3.24. The van der Waals surface area contributed by atoms with Crippen LogP contribution in [0.5, 0.6) is 0 Å². The zero-order valence-corrected chi connectivity index (χ0v) is 10.2. The number of alkyl halides is 3. The lowest BCUT2D eigenvalue weighted by molar-refractivity contribution is -0.384. The maximum atomic E-state index is 12.3. The van der Waals surface area contributed by atoms with Gasteiger partial charge in [0, 0.05) is 27.6 Å². The van der Waals surface area contributed by atoms with Crippen molar-refractivity contribution in [1.82, 2.24) is 0 Å². The van der Waals surface area contributed by atoms with E-state index in [2.05, 4.69) is 0 Å². The number of carbonyl (C=O) groups is 1. The van der Waals surface area contributed by atoms with Crippen LogP contribution in [0.15, 0.2) is 28.4 Å². The minimum Gasteiger partial charge on any atom is -0.288 e. The first-order valence-corrected chi connectivity index (χ1v) is 5.91. The van der Waals surface area contributed by atoms with Crippen molar-refractivity contribution < 1.29 is 22.9 Å². The number of fused-ring (bicyclic) bond motifs is 1. The van der Waals surface area contributed by atoms with E-state index in [9.17, 15) is 32.9 Å². The molecule has 5 nitrogen and oxygen atoms in total. The van der Waals surface area contributed by atoms with Crippen LogP contribution in [-0.4, -0.2) is 16.9 Å². The van der Waals surface area contributed by atoms with Crippen LogP contribution >= 0.6 is 11.3 Å². The van der Waals surface area contributed by atoms with E-state index in [0.29, 0.717) is 0 Å². The maximum Gasteiger partial charge on any atom is 0.455 e. The standard InChI is InChI=1S/C11H4F3NO4S/c12-11(13,14)10(17)7-4-20-8-2-1-5(15(18)19)3-6(8)9(7)16/h1-4H. The molecule has 0 fully saturated rings. The molecule has 0 spiro atoms. The Bertz CT molecular complexity index is 781. The van der Waals surface area contributed by atoms with Crippen molar-refractivity contribution in [2.45, 2.75) is 6.18 Å². The first-order valence-electron chi connectivity index (χ1n) is 5.03. The van der Waals surface area contributed by atoms with Crippen LogP contribution in [0.25, 0.3) is 10.1 Å². The number of carbonyl (C=O) groups excluding carboxylic acids is 1. The van der Waals surface area contributed by atoms with E-state index in [1.54, 1.807) is 0 Å². The molecule has 0 aliphatic carbocycles. The van der Waals surface area contributed by atoms with Gasteiger partial charge in [0.25, 0.3) is 11.5 Å². The second-order valence-corrected chi connectivity index (χ2v) is 4.65. The van der Waals surface area contributed by atoms with E-state index in [0.717, 1.165) is 28.8 Å². The summed E-state index contributed by atoms with van der Waals surface area (Å²) in [6.07, 6.45) is -5.17. The number of ketones is 1. The summed E-state index contributed by atoms with van der Waals surface area (Å²) in [6.45, 7) is 0. The molecule has 0 bridgehead atoms. The number of benzene rings is 1. The third-order valence-electron chi connectivity index (χ3n) is 2.47. The molecule has 9 heteroatoms. The van der Waals surface area contributed by atoms with Gasteiger partial charge in [-0.3, -0.25) is 19.7 Å². The molecular weight excluding hydrogens is 299 g/mol. The summed E-state index contributed by atoms with van der Waals surface area (Å²) in [7, 11) is 0. The molecule has 0 unspecified atom stereocenters. The Kier molecular flexibility index (Phi) is 3.30. The quantitative estimate of drug-likeness (QED) is 0.485. The fourth-order valence-corrected chi connectivity index (χ4v) is 2.43. The lowest BCUT2D eigenvalue weighted by Gasteiger charge is -2.05.